The standard InChI is InChI=1S/C14H23N3S/c1-3-15-9-12-13(10-7-8-10)16-14(18-12)17(2)11-5-4-6-11/h10-11,15H,3-9H2,1-2H3. The summed E-state index contributed by atoms with van der Waals surface area (Å²) in [7, 11) is 2.22. The molecule has 0 amide bonds. The Kier molecular flexibility index (Phi) is 3.57. The van der Waals surface area contributed by atoms with Crippen molar-refractivity contribution in [3.05, 3.63) is 10.6 Å². The van der Waals surface area contributed by atoms with Crippen LogP contribution in [0.15, 0.2) is 0 Å². The number of hydrogen-bond acceptors (Lipinski definition) is 4. The second-order valence-corrected chi connectivity index (χ2v) is 6.62. The molecule has 0 atom stereocenters. The van der Waals surface area contributed by atoms with Crippen LogP contribution in [0.1, 0.15) is 55.5 Å². The third-order valence-electron chi connectivity index (χ3n) is 4.14. The van der Waals surface area contributed by atoms with Crippen LogP contribution in [0, 0.1) is 0 Å². The number of aromatic nitrogens is 1. The first kappa shape index (κ1) is 12.4. The largest absolute Gasteiger partial charge is 0.348 e. The van der Waals surface area contributed by atoms with Gasteiger partial charge in [-0.05, 0) is 38.6 Å². The van der Waals surface area contributed by atoms with Gasteiger partial charge in [-0.3, -0.25) is 0 Å². The van der Waals surface area contributed by atoms with Crippen LogP contribution in [0.5, 0.6) is 0 Å². The van der Waals surface area contributed by atoms with Crippen molar-refractivity contribution in [2.24, 2.45) is 0 Å². The summed E-state index contributed by atoms with van der Waals surface area (Å²) in [5, 5.41) is 4.69. The van der Waals surface area contributed by atoms with E-state index in [4.69, 9.17) is 4.98 Å². The summed E-state index contributed by atoms with van der Waals surface area (Å²) in [5.41, 5.74) is 1.39. The number of nitrogens with one attached hydrogen (secondary N) is 1. The topological polar surface area (TPSA) is 28.2 Å². The molecule has 100 valence electrons. The lowest BCUT2D eigenvalue weighted by Gasteiger charge is -2.34. The summed E-state index contributed by atoms with van der Waals surface area (Å²) in [6, 6.07) is 0.746. The summed E-state index contributed by atoms with van der Waals surface area (Å²) >= 11 is 1.91. The molecule has 0 aromatic carbocycles. The summed E-state index contributed by atoms with van der Waals surface area (Å²) < 4.78 is 0. The molecule has 2 fully saturated rings. The average molecular weight is 265 g/mol. The van der Waals surface area contributed by atoms with Gasteiger partial charge in [0.1, 0.15) is 0 Å². The number of anilines is 1. The first-order chi connectivity index (χ1) is 8.79. The zero-order valence-electron chi connectivity index (χ0n) is 11.4. The minimum Gasteiger partial charge on any atom is -0.348 e. The monoisotopic (exact) mass is 265 g/mol. The van der Waals surface area contributed by atoms with Crippen molar-refractivity contribution in [3.63, 3.8) is 0 Å². The van der Waals surface area contributed by atoms with Gasteiger partial charge in [-0.15, -0.1) is 11.3 Å². The molecular weight excluding hydrogens is 242 g/mol. The Morgan fingerprint density at radius 2 is 2.11 bits per heavy atom. The zero-order valence-corrected chi connectivity index (χ0v) is 12.2. The van der Waals surface area contributed by atoms with Gasteiger partial charge in [0.15, 0.2) is 5.13 Å². The fraction of sp³-hybridized carbons (Fsp3) is 0.786. The fourth-order valence-electron chi connectivity index (χ4n) is 2.47. The van der Waals surface area contributed by atoms with Gasteiger partial charge in [0, 0.05) is 30.4 Å². The van der Waals surface area contributed by atoms with Gasteiger partial charge in [-0.25, -0.2) is 4.98 Å². The molecule has 18 heavy (non-hydrogen) atoms. The summed E-state index contributed by atoms with van der Waals surface area (Å²) in [5.74, 6) is 0.762. The number of rotatable bonds is 6. The van der Waals surface area contributed by atoms with Crippen molar-refractivity contribution in [1.82, 2.24) is 10.3 Å². The highest BCUT2D eigenvalue weighted by Gasteiger charge is 2.31. The lowest BCUT2D eigenvalue weighted by atomic mass is 9.92. The lowest BCUT2D eigenvalue weighted by molar-refractivity contribution is 0.401. The van der Waals surface area contributed by atoms with E-state index in [1.54, 1.807) is 0 Å². The van der Waals surface area contributed by atoms with E-state index in [-0.39, 0.29) is 0 Å². The van der Waals surface area contributed by atoms with E-state index in [1.807, 2.05) is 11.3 Å². The van der Waals surface area contributed by atoms with Crippen molar-refractivity contribution in [2.45, 2.75) is 57.5 Å². The van der Waals surface area contributed by atoms with Gasteiger partial charge in [0.2, 0.25) is 0 Å². The van der Waals surface area contributed by atoms with E-state index in [0.717, 1.165) is 25.0 Å². The predicted molar refractivity (Wildman–Crippen MR) is 77.5 cm³/mol. The van der Waals surface area contributed by atoms with Crippen molar-refractivity contribution >= 4 is 16.5 Å². The molecule has 2 aliphatic carbocycles. The first-order valence-corrected chi connectivity index (χ1v) is 8.04. The Labute approximate surface area is 114 Å². The molecule has 0 unspecified atom stereocenters. The molecular formula is C14H23N3S. The molecule has 1 heterocycles. The lowest BCUT2D eigenvalue weighted by Crippen LogP contribution is -2.37. The van der Waals surface area contributed by atoms with E-state index in [2.05, 4.69) is 24.2 Å². The minimum absolute atomic E-state index is 0.746. The molecule has 3 rings (SSSR count). The number of thiazole rings is 1. The van der Waals surface area contributed by atoms with Crippen LogP contribution in [0.2, 0.25) is 0 Å². The maximum Gasteiger partial charge on any atom is 0.185 e. The quantitative estimate of drug-likeness (QED) is 0.856. The van der Waals surface area contributed by atoms with E-state index in [1.165, 1.54) is 47.8 Å². The van der Waals surface area contributed by atoms with Crippen LogP contribution in [0.4, 0.5) is 5.13 Å². The van der Waals surface area contributed by atoms with Crippen LogP contribution in [-0.2, 0) is 6.54 Å². The van der Waals surface area contributed by atoms with Crippen LogP contribution in [-0.4, -0.2) is 24.6 Å². The van der Waals surface area contributed by atoms with Gasteiger partial charge in [-0.1, -0.05) is 6.92 Å². The summed E-state index contributed by atoms with van der Waals surface area (Å²) in [6.07, 6.45) is 6.76. The average Bonchev–Trinajstić information content (AvgIpc) is 3.05. The Balaban J connectivity index is 1.77. The molecule has 1 aromatic heterocycles. The van der Waals surface area contributed by atoms with Gasteiger partial charge in [0.25, 0.3) is 0 Å². The maximum atomic E-state index is 4.93. The highest BCUT2D eigenvalue weighted by atomic mass is 32.1. The van der Waals surface area contributed by atoms with Gasteiger partial charge in [-0.2, -0.15) is 0 Å². The van der Waals surface area contributed by atoms with Crippen LogP contribution in [0.25, 0.3) is 0 Å². The van der Waals surface area contributed by atoms with Crippen LogP contribution < -0.4 is 10.2 Å². The van der Waals surface area contributed by atoms with E-state index >= 15 is 0 Å². The number of nitrogens with zero attached hydrogens (tertiary/aromatic N) is 2. The van der Waals surface area contributed by atoms with Crippen LogP contribution >= 0.6 is 11.3 Å². The molecule has 1 aromatic rings. The van der Waals surface area contributed by atoms with Gasteiger partial charge in [0.05, 0.1) is 5.69 Å². The molecule has 0 bridgehead atoms. The van der Waals surface area contributed by atoms with Crippen molar-refractivity contribution < 1.29 is 0 Å². The highest BCUT2D eigenvalue weighted by molar-refractivity contribution is 7.15. The fourth-order valence-corrected chi connectivity index (χ4v) is 3.62. The molecule has 0 radical (unpaired) electrons. The van der Waals surface area contributed by atoms with E-state index in [0.29, 0.717) is 0 Å². The summed E-state index contributed by atoms with van der Waals surface area (Å²) in [4.78, 5) is 8.82. The number of hydrogen-bond donors (Lipinski definition) is 1. The first-order valence-electron chi connectivity index (χ1n) is 7.22. The summed E-state index contributed by atoms with van der Waals surface area (Å²) in [6.45, 7) is 4.20. The second-order valence-electron chi connectivity index (χ2n) is 5.56. The maximum absolute atomic E-state index is 4.93. The molecule has 4 heteroatoms. The van der Waals surface area contributed by atoms with Crippen LogP contribution in [0.3, 0.4) is 0 Å². The predicted octanol–water partition coefficient (Wildman–Crippen LogP) is 3.12. The molecule has 0 aliphatic heterocycles. The SMILES string of the molecule is CCNCc1sc(N(C)C2CCC2)nc1C1CC1. The van der Waals surface area contributed by atoms with Crippen molar-refractivity contribution in [2.75, 3.05) is 18.5 Å². The second kappa shape index (κ2) is 5.17. The third-order valence-corrected chi connectivity index (χ3v) is 5.30. The van der Waals surface area contributed by atoms with E-state index < -0.39 is 0 Å². The van der Waals surface area contributed by atoms with Gasteiger partial charge >= 0.3 is 0 Å². The smallest absolute Gasteiger partial charge is 0.185 e. The van der Waals surface area contributed by atoms with Crippen molar-refractivity contribution in [3.8, 4) is 0 Å². The Hall–Kier alpha value is -0.610. The van der Waals surface area contributed by atoms with Gasteiger partial charge < -0.3 is 10.2 Å². The molecule has 0 spiro atoms. The Morgan fingerprint density at radius 3 is 2.67 bits per heavy atom. The highest BCUT2D eigenvalue weighted by Crippen LogP contribution is 2.44. The molecule has 3 nitrogen and oxygen atoms in total. The molecule has 0 saturated heterocycles. The molecule has 2 saturated carbocycles. The normalized spacial score (nSPS) is 19.9. The van der Waals surface area contributed by atoms with E-state index in [9.17, 15) is 0 Å². The van der Waals surface area contributed by atoms with Crippen molar-refractivity contribution in [1.29, 1.82) is 0 Å². The Bertz CT molecular complexity index is 407. The third kappa shape index (κ3) is 2.41. The minimum atomic E-state index is 0.746. The zero-order chi connectivity index (χ0) is 12.5. The Morgan fingerprint density at radius 1 is 1.33 bits per heavy atom. The molecule has 1 N–H and O–H groups in total. The molecule has 2 aliphatic rings.